The lowest BCUT2D eigenvalue weighted by Gasteiger charge is -2.12. The Hall–Kier alpha value is -2.07. The molecule has 0 spiro atoms. The van der Waals surface area contributed by atoms with Crippen molar-refractivity contribution in [2.24, 2.45) is 10.2 Å². The van der Waals surface area contributed by atoms with Crippen LogP contribution in [0, 0.1) is 0 Å². The van der Waals surface area contributed by atoms with Crippen LogP contribution in [0.2, 0.25) is 0 Å². The molecule has 1 aliphatic heterocycles. The molecule has 134 valence electrons. The van der Waals surface area contributed by atoms with Crippen molar-refractivity contribution in [2.45, 2.75) is 6.92 Å². The predicted octanol–water partition coefficient (Wildman–Crippen LogP) is 1.95. The molecule has 0 radical (unpaired) electrons. The number of nitrogens with zero attached hydrogens (tertiary/aromatic N) is 2. The molecule has 0 unspecified atom stereocenters. The molecule has 1 fully saturated rings. The van der Waals surface area contributed by atoms with E-state index in [0.29, 0.717) is 32.5 Å². The van der Waals surface area contributed by atoms with Gasteiger partial charge in [0, 0.05) is 0 Å². The van der Waals surface area contributed by atoms with Crippen molar-refractivity contribution in [3.63, 3.8) is 0 Å². The second kappa shape index (κ2) is 9.42. The van der Waals surface area contributed by atoms with Crippen LogP contribution in [0.15, 0.2) is 26.8 Å². The lowest BCUT2D eigenvalue weighted by atomic mass is 10.2. The standard InChI is InChI=1S/C15H16BrN3O5S/c1-3-23-13(21)7-24-14-10(16)4-9(5-11(14)22-2)6-17-19-15-18-12(20)8-25-15/h4-6H,3,7-8H2,1-2H3,(H,18,19,20). The van der Waals surface area contributed by atoms with E-state index in [2.05, 4.69) is 31.4 Å². The fourth-order valence-electron chi connectivity index (χ4n) is 1.82. The number of carbonyl (C=O) groups is 2. The second-order valence-corrected chi connectivity index (χ2v) is 6.43. The fourth-order valence-corrected chi connectivity index (χ4v) is 3.02. The van der Waals surface area contributed by atoms with Gasteiger partial charge < -0.3 is 19.5 Å². The molecule has 0 aliphatic carbocycles. The maximum atomic E-state index is 11.4. The molecule has 1 aliphatic rings. The van der Waals surface area contributed by atoms with Gasteiger partial charge in [-0.05, 0) is 40.5 Å². The van der Waals surface area contributed by atoms with Crippen LogP contribution in [-0.4, -0.2) is 49.3 Å². The third kappa shape index (κ3) is 5.75. The molecule has 1 heterocycles. The highest BCUT2D eigenvalue weighted by Crippen LogP contribution is 2.36. The van der Waals surface area contributed by atoms with Gasteiger partial charge in [0.25, 0.3) is 0 Å². The number of rotatable bonds is 7. The van der Waals surface area contributed by atoms with Crippen LogP contribution in [0.4, 0.5) is 0 Å². The minimum absolute atomic E-state index is 0.0912. The van der Waals surface area contributed by atoms with Crippen molar-refractivity contribution in [2.75, 3.05) is 26.1 Å². The number of benzene rings is 1. The Morgan fingerprint density at radius 3 is 2.92 bits per heavy atom. The lowest BCUT2D eigenvalue weighted by Crippen LogP contribution is -2.19. The summed E-state index contributed by atoms with van der Waals surface area (Å²) in [6, 6.07) is 3.43. The van der Waals surface area contributed by atoms with Crippen molar-refractivity contribution in [1.29, 1.82) is 0 Å². The van der Waals surface area contributed by atoms with E-state index in [0.717, 1.165) is 0 Å². The van der Waals surface area contributed by atoms with Gasteiger partial charge in [-0.3, -0.25) is 4.79 Å². The largest absolute Gasteiger partial charge is 0.493 e. The Balaban J connectivity index is 2.09. The summed E-state index contributed by atoms with van der Waals surface area (Å²) in [5, 5.41) is 10.9. The Morgan fingerprint density at radius 2 is 2.28 bits per heavy atom. The van der Waals surface area contributed by atoms with E-state index in [9.17, 15) is 9.59 Å². The minimum atomic E-state index is -0.464. The second-order valence-electron chi connectivity index (χ2n) is 4.61. The normalized spacial score (nSPS) is 15.5. The highest BCUT2D eigenvalue weighted by Gasteiger charge is 2.16. The third-order valence-electron chi connectivity index (χ3n) is 2.83. The number of ether oxygens (including phenoxy) is 3. The molecule has 0 atom stereocenters. The van der Waals surface area contributed by atoms with Crippen LogP contribution in [0.5, 0.6) is 11.5 Å². The number of hydrogen-bond acceptors (Lipinski definition) is 8. The molecule has 1 aromatic carbocycles. The zero-order valence-corrected chi connectivity index (χ0v) is 16.0. The molecule has 1 N–H and O–H groups in total. The van der Waals surface area contributed by atoms with Crippen molar-refractivity contribution in [3.05, 3.63) is 22.2 Å². The number of halogens is 1. The number of amidine groups is 1. The molecule has 1 saturated heterocycles. The maximum absolute atomic E-state index is 11.4. The molecular weight excluding hydrogens is 414 g/mol. The SMILES string of the molecule is CCOC(=O)COc1c(Br)cc(C=NN=C2NC(=O)CS2)cc1OC. The number of amides is 1. The molecule has 1 amide bonds. The fraction of sp³-hybridized carbons (Fsp3) is 0.333. The van der Waals surface area contributed by atoms with Gasteiger partial charge in [-0.2, -0.15) is 5.10 Å². The molecule has 1 aromatic rings. The Labute approximate surface area is 157 Å². The van der Waals surface area contributed by atoms with Crippen LogP contribution in [-0.2, 0) is 14.3 Å². The molecular formula is C15H16BrN3O5S. The number of nitrogens with one attached hydrogen (secondary N) is 1. The van der Waals surface area contributed by atoms with Crippen molar-refractivity contribution in [3.8, 4) is 11.5 Å². The first-order chi connectivity index (χ1) is 12.0. The van der Waals surface area contributed by atoms with E-state index in [1.807, 2.05) is 0 Å². The Morgan fingerprint density at radius 1 is 1.48 bits per heavy atom. The van der Waals surface area contributed by atoms with Crippen LogP contribution >= 0.6 is 27.7 Å². The average molecular weight is 430 g/mol. The molecule has 10 heteroatoms. The van der Waals surface area contributed by atoms with E-state index in [1.165, 1.54) is 25.1 Å². The molecule has 2 rings (SSSR count). The topological polar surface area (TPSA) is 98.6 Å². The zero-order chi connectivity index (χ0) is 18.2. The summed E-state index contributed by atoms with van der Waals surface area (Å²) in [6.07, 6.45) is 1.51. The van der Waals surface area contributed by atoms with Gasteiger partial charge in [0.1, 0.15) is 0 Å². The highest BCUT2D eigenvalue weighted by atomic mass is 79.9. The Kier molecular flexibility index (Phi) is 7.26. The van der Waals surface area contributed by atoms with Gasteiger partial charge in [0.15, 0.2) is 23.3 Å². The van der Waals surface area contributed by atoms with E-state index in [-0.39, 0.29) is 19.1 Å². The van der Waals surface area contributed by atoms with Crippen LogP contribution in [0.25, 0.3) is 0 Å². The summed E-state index contributed by atoms with van der Waals surface area (Å²) < 4.78 is 16.2. The summed E-state index contributed by atoms with van der Waals surface area (Å²) in [5.74, 6) is 0.606. The van der Waals surface area contributed by atoms with E-state index < -0.39 is 5.97 Å². The number of esters is 1. The Bertz CT molecular complexity index is 723. The van der Waals surface area contributed by atoms with E-state index >= 15 is 0 Å². The van der Waals surface area contributed by atoms with Gasteiger partial charge in [-0.1, -0.05) is 11.8 Å². The summed E-state index contributed by atoms with van der Waals surface area (Å²) in [5.41, 5.74) is 0.700. The number of thioether (sulfide) groups is 1. The smallest absolute Gasteiger partial charge is 0.344 e. The summed E-state index contributed by atoms with van der Waals surface area (Å²) in [6.45, 7) is 1.79. The van der Waals surface area contributed by atoms with Gasteiger partial charge in [0.05, 0.1) is 30.2 Å². The monoisotopic (exact) mass is 429 g/mol. The molecule has 0 bridgehead atoms. The number of carbonyl (C=O) groups excluding carboxylic acids is 2. The molecule has 25 heavy (non-hydrogen) atoms. The first kappa shape index (κ1) is 19.3. The summed E-state index contributed by atoms with van der Waals surface area (Å²) in [4.78, 5) is 22.5. The quantitative estimate of drug-likeness (QED) is 0.404. The van der Waals surface area contributed by atoms with Gasteiger partial charge in [0.2, 0.25) is 5.91 Å². The average Bonchev–Trinajstić information content (AvgIpc) is 2.99. The summed E-state index contributed by atoms with van der Waals surface area (Å²) in [7, 11) is 1.49. The van der Waals surface area contributed by atoms with Crippen LogP contribution in [0.3, 0.4) is 0 Å². The highest BCUT2D eigenvalue weighted by molar-refractivity contribution is 9.10. The van der Waals surface area contributed by atoms with Gasteiger partial charge >= 0.3 is 5.97 Å². The predicted molar refractivity (Wildman–Crippen MR) is 98.5 cm³/mol. The van der Waals surface area contributed by atoms with Crippen LogP contribution in [0.1, 0.15) is 12.5 Å². The van der Waals surface area contributed by atoms with Crippen molar-refractivity contribution >= 4 is 51.0 Å². The van der Waals surface area contributed by atoms with Crippen molar-refractivity contribution in [1.82, 2.24) is 5.32 Å². The number of hydrogen-bond donors (Lipinski definition) is 1. The summed E-state index contributed by atoms with van der Waals surface area (Å²) >= 11 is 4.67. The first-order valence-corrected chi connectivity index (χ1v) is 9.01. The number of methoxy groups -OCH3 is 1. The van der Waals surface area contributed by atoms with Gasteiger partial charge in [-0.15, -0.1) is 5.10 Å². The van der Waals surface area contributed by atoms with Crippen molar-refractivity contribution < 1.29 is 23.8 Å². The third-order valence-corrected chi connectivity index (χ3v) is 4.29. The van der Waals surface area contributed by atoms with E-state index in [4.69, 9.17) is 14.2 Å². The maximum Gasteiger partial charge on any atom is 0.344 e. The van der Waals surface area contributed by atoms with E-state index in [1.54, 1.807) is 19.1 Å². The molecule has 0 saturated carbocycles. The zero-order valence-electron chi connectivity index (χ0n) is 13.6. The lowest BCUT2D eigenvalue weighted by molar-refractivity contribution is -0.145. The van der Waals surface area contributed by atoms with Crippen LogP contribution < -0.4 is 14.8 Å². The first-order valence-electron chi connectivity index (χ1n) is 7.23. The minimum Gasteiger partial charge on any atom is -0.493 e. The van der Waals surface area contributed by atoms with Gasteiger partial charge in [-0.25, -0.2) is 4.79 Å². The molecule has 0 aromatic heterocycles. The molecule has 8 nitrogen and oxygen atoms in total.